The predicted octanol–water partition coefficient (Wildman–Crippen LogP) is 3.78. The van der Waals surface area contributed by atoms with E-state index in [9.17, 15) is 4.79 Å². The molecule has 110 valence electrons. The molecule has 1 aliphatic heterocycles. The Morgan fingerprint density at radius 1 is 1.24 bits per heavy atom. The Bertz CT molecular complexity index is 612. The van der Waals surface area contributed by atoms with Crippen LogP contribution in [0.1, 0.15) is 39.6 Å². The zero-order valence-electron chi connectivity index (χ0n) is 12.2. The average molecular weight is 300 g/mol. The summed E-state index contributed by atoms with van der Waals surface area (Å²) in [4.78, 5) is 13.4. The quantitative estimate of drug-likeness (QED) is 0.906. The maximum Gasteiger partial charge on any atom is 0.255 e. The smallest absolute Gasteiger partial charge is 0.255 e. The van der Waals surface area contributed by atoms with Crippen LogP contribution in [0.3, 0.4) is 0 Å². The lowest BCUT2D eigenvalue weighted by molar-refractivity contribution is 0.102. The second-order valence-electron chi connectivity index (χ2n) is 5.55. The minimum atomic E-state index is -0.0374. The summed E-state index contributed by atoms with van der Waals surface area (Å²) < 4.78 is 0. The molecule has 1 aliphatic rings. The van der Waals surface area contributed by atoms with Crippen molar-refractivity contribution in [3.05, 3.63) is 51.7 Å². The van der Waals surface area contributed by atoms with E-state index >= 15 is 0 Å². The fourth-order valence-corrected chi connectivity index (χ4v) is 3.41. The van der Waals surface area contributed by atoms with Crippen molar-refractivity contribution in [3.63, 3.8) is 0 Å². The molecule has 3 rings (SSSR count). The molecule has 1 amide bonds. The minimum Gasteiger partial charge on any atom is -0.321 e. The van der Waals surface area contributed by atoms with Crippen LogP contribution < -0.4 is 10.6 Å². The molecular weight excluding hydrogens is 280 g/mol. The highest BCUT2D eigenvalue weighted by Crippen LogP contribution is 2.25. The summed E-state index contributed by atoms with van der Waals surface area (Å²) >= 11 is 1.64. The van der Waals surface area contributed by atoms with E-state index in [0.29, 0.717) is 5.92 Å². The van der Waals surface area contributed by atoms with Crippen molar-refractivity contribution in [2.24, 2.45) is 0 Å². The van der Waals surface area contributed by atoms with Crippen LogP contribution in [-0.4, -0.2) is 19.0 Å². The third-order valence-electron chi connectivity index (χ3n) is 3.97. The van der Waals surface area contributed by atoms with Gasteiger partial charge in [-0.25, -0.2) is 0 Å². The van der Waals surface area contributed by atoms with Gasteiger partial charge in [0.15, 0.2) is 0 Å². The summed E-state index contributed by atoms with van der Waals surface area (Å²) in [7, 11) is 0. The van der Waals surface area contributed by atoms with Gasteiger partial charge in [0.2, 0.25) is 0 Å². The first-order valence-electron chi connectivity index (χ1n) is 7.39. The van der Waals surface area contributed by atoms with Crippen LogP contribution >= 0.6 is 11.3 Å². The van der Waals surface area contributed by atoms with E-state index in [1.807, 2.05) is 30.5 Å². The van der Waals surface area contributed by atoms with Crippen LogP contribution in [0.15, 0.2) is 35.7 Å². The SMILES string of the molecule is Cc1cc(NC(=O)c2ccc(C3CCNCC3)cc2)cs1. The lowest BCUT2D eigenvalue weighted by atomic mass is 9.90. The molecule has 0 radical (unpaired) electrons. The first-order chi connectivity index (χ1) is 10.2. The normalized spacial score (nSPS) is 15.9. The van der Waals surface area contributed by atoms with E-state index in [2.05, 4.69) is 22.8 Å². The fraction of sp³-hybridized carbons (Fsp3) is 0.353. The summed E-state index contributed by atoms with van der Waals surface area (Å²) in [5.41, 5.74) is 2.95. The van der Waals surface area contributed by atoms with Crippen molar-refractivity contribution in [2.75, 3.05) is 18.4 Å². The highest BCUT2D eigenvalue weighted by molar-refractivity contribution is 7.10. The molecule has 4 heteroatoms. The number of piperidine rings is 1. The Morgan fingerprint density at radius 2 is 1.95 bits per heavy atom. The van der Waals surface area contributed by atoms with Gasteiger partial charge < -0.3 is 10.6 Å². The van der Waals surface area contributed by atoms with E-state index in [1.165, 1.54) is 23.3 Å². The molecule has 21 heavy (non-hydrogen) atoms. The predicted molar refractivity (Wildman–Crippen MR) is 88.3 cm³/mol. The van der Waals surface area contributed by atoms with Gasteiger partial charge in [0.05, 0.1) is 5.69 Å². The summed E-state index contributed by atoms with van der Waals surface area (Å²) in [6.45, 7) is 4.21. The van der Waals surface area contributed by atoms with Gasteiger partial charge in [-0.2, -0.15) is 0 Å². The lowest BCUT2D eigenvalue weighted by Crippen LogP contribution is -2.26. The van der Waals surface area contributed by atoms with Gasteiger partial charge in [-0.3, -0.25) is 4.79 Å². The summed E-state index contributed by atoms with van der Waals surface area (Å²) in [5.74, 6) is 0.590. The van der Waals surface area contributed by atoms with Crippen molar-refractivity contribution in [2.45, 2.75) is 25.7 Å². The standard InChI is InChI=1S/C17H20N2OS/c1-12-10-16(11-21-12)19-17(20)15-4-2-13(3-5-15)14-6-8-18-9-7-14/h2-5,10-11,14,18H,6-9H2,1H3,(H,19,20). The third kappa shape index (κ3) is 3.52. The number of hydrogen-bond donors (Lipinski definition) is 2. The number of rotatable bonds is 3. The average Bonchev–Trinajstić information content (AvgIpc) is 2.93. The van der Waals surface area contributed by atoms with Crippen molar-refractivity contribution in [3.8, 4) is 0 Å². The molecule has 2 N–H and O–H groups in total. The summed E-state index contributed by atoms with van der Waals surface area (Å²) in [5, 5.41) is 8.29. The molecule has 0 spiro atoms. The molecule has 0 saturated carbocycles. The second-order valence-corrected chi connectivity index (χ2v) is 6.66. The van der Waals surface area contributed by atoms with Crippen LogP contribution in [0.25, 0.3) is 0 Å². The maximum atomic E-state index is 12.2. The number of hydrogen-bond acceptors (Lipinski definition) is 3. The van der Waals surface area contributed by atoms with Crippen LogP contribution in [0.4, 0.5) is 5.69 Å². The molecule has 1 fully saturated rings. The van der Waals surface area contributed by atoms with Gasteiger partial charge in [-0.05, 0) is 62.5 Å². The van der Waals surface area contributed by atoms with Gasteiger partial charge in [-0.1, -0.05) is 12.1 Å². The number of carbonyl (C=O) groups is 1. The Hall–Kier alpha value is -1.65. The van der Waals surface area contributed by atoms with Gasteiger partial charge >= 0.3 is 0 Å². The highest BCUT2D eigenvalue weighted by Gasteiger charge is 2.15. The fourth-order valence-electron chi connectivity index (χ4n) is 2.77. The second kappa shape index (κ2) is 6.41. The zero-order chi connectivity index (χ0) is 14.7. The first kappa shape index (κ1) is 14.3. The van der Waals surface area contributed by atoms with Crippen LogP contribution in [-0.2, 0) is 0 Å². The number of thiophene rings is 1. The van der Waals surface area contributed by atoms with E-state index in [0.717, 1.165) is 24.3 Å². The Labute approximate surface area is 129 Å². The summed E-state index contributed by atoms with van der Waals surface area (Å²) in [6.07, 6.45) is 2.36. The third-order valence-corrected chi connectivity index (χ3v) is 4.83. The molecule has 2 aromatic rings. The Kier molecular flexibility index (Phi) is 4.36. The van der Waals surface area contributed by atoms with Crippen LogP contribution in [0.5, 0.6) is 0 Å². The molecule has 0 atom stereocenters. The van der Waals surface area contributed by atoms with Crippen LogP contribution in [0, 0.1) is 6.92 Å². The molecule has 1 saturated heterocycles. The molecular formula is C17H20N2OS. The molecule has 0 bridgehead atoms. The number of amides is 1. The largest absolute Gasteiger partial charge is 0.321 e. The number of carbonyl (C=O) groups excluding carboxylic acids is 1. The van der Waals surface area contributed by atoms with E-state index in [-0.39, 0.29) is 5.91 Å². The molecule has 2 heterocycles. The van der Waals surface area contributed by atoms with E-state index < -0.39 is 0 Å². The monoisotopic (exact) mass is 300 g/mol. The maximum absolute atomic E-state index is 12.2. The Balaban J connectivity index is 1.67. The van der Waals surface area contributed by atoms with Gasteiger partial charge in [0.1, 0.15) is 0 Å². The highest BCUT2D eigenvalue weighted by atomic mass is 32.1. The molecule has 1 aromatic heterocycles. The van der Waals surface area contributed by atoms with Crippen molar-refractivity contribution in [1.82, 2.24) is 5.32 Å². The van der Waals surface area contributed by atoms with E-state index in [1.54, 1.807) is 11.3 Å². The number of anilines is 1. The van der Waals surface area contributed by atoms with Gasteiger partial charge in [-0.15, -0.1) is 11.3 Å². The van der Waals surface area contributed by atoms with Gasteiger partial charge in [0, 0.05) is 15.8 Å². The molecule has 1 aromatic carbocycles. The van der Waals surface area contributed by atoms with Crippen molar-refractivity contribution in [1.29, 1.82) is 0 Å². The summed E-state index contributed by atoms with van der Waals surface area (Å²) in [6, 6.07) is 10.1. The van der Waals surface area contributed by atoms with Crippen LogP contribution in [0.2, 0.25) is 0 Å². The molecule has 0 unspecified atom stereocenters. The topological polar surface area (TPSA) is 41.1 Å². The van der Waals surface area contributed by atoms with Crippen molar-refractivity contribution < 1.29 is 4.79 Å². The number of nitrogens with one attached hydrogen (secondary N) is 2. The number of benzene rings is 1. The molecule has 3 nitrogen and oxygen atoms in total. The van der Waals surface area contributed by atoms with Gasteiger partial charge in [0.25, 0.3) is 5.91 Å². The van der Waals surface area contributed by atoms with Crippen molar-refractivity contribution >= 4 is 22.9 Å². The molecule has 0 aliphatic carbocycles. The van der Waals surface area contributed by atoms with E-state index in [4.69, 9.17) is 0 Å². The minimum absolute atomic E-state index is 0.0374. The lowest BCUT2D eigenvalue weighted by Gasteiger charge is -2.23. The Morgan fingerprint density at radius 3 is 2.57 bits per heavy atom. The zero-order valence-corrected chi connectivity index (χ0v) is 13.0. The number of aryl methyl sites for hydroxylation is 1. The first-order valence-corrected chi connectivity index (χ1v) is 8.27.